The van der Waals surface area contributed by atoms with Gasteiger partial charge in [-0.3, -0.25) is 4.79 Å². The summed E-state index contributed by atoms with van der Waals surface area (Å²) in [4.78, 5) is 27.1. The van der Waals surface area contributed by atoms with Crippen molar-refractivity contribution in [3.63, 3.8) is 0 Å². The molecule has 1 fully saturated rings. The van der Waals surface area contributed by atoms with Crippen molar-refractivity contribution in [1.82, 2.24) is 9.88 Å². The third-order valence-electron chi connectivity index (χ3n) is 5.31. The number of carbonyl (C=O) groups is 1. The summed E-state index contributed by atoms with van der Waals surface area (Å²) in [6, 6.07) is 2.73. The molecule has 3 atom stereocenters. The van der Waals surface area contributed by atoms with Crippen LogP contribution < -0.4 is 15.6 Å². The predicted molar refractivity (Wildman–Crippen MR) is 109 cm³/mol. The average Bonchev–Trinajstić information content (AvgIpc) is 2.63. The number of ether oxygens (including phenoxy) is 1. The van der Waals surface area contributed by atoms with Crippen LogP contribution in [0.3, 0.4) is 0 Å². The zero-order valence-corrected chi connectivity index (χ0v) is 17.6. The molecule has 0 radical (unpaired) electrons. The fourth-order valence-corrected chi connectivity index (χ4v) is 5.31. The predicted octanol–water partition coefficient (Wildman–Crippen LogP) is 3.37. The number of anilines is 1. The van der Waals surface area contributed by atoms with Gasteiger partial charge >= 0.3 is 5.97 Å². The second-order valence-electron chi connectivity index (χ2n) is 7.64. The van der Waals surface area contributed by atoms with E-state index in [2.05, 4.69) is 5.32 Å². The molecule has 1 saturated heterocycles. The van der Waals surface area contributed by atoms with Gasteiger partial charge < -0.3 is 19.5 Å². The maximum atomic E-state index is 15.0. The molecule has 2 aromatic rings. The van der Waals surface area contributed by atoms with E-state index in [1.807, 2.05) is 18.7 Å². The van der Waals surface area contributed by atoms with Crippen LogP contribution in [-0.2, 0) is 4.74 Å². The zero-order chi connectivity index (χ0) is 21.7. The van der Waals surface area contributed by atoms with Crippen LogP contribution in [0.1, 0.15) is 36.5 Å². The molecule has 3 heterocycles. The van der Waals surface area contributed by atoms with Crippen LogP contribution in [0.15, 0.2) is 22.0 Å². The lowest BCUT2D eigenvalue weighted by Gasteiger charge is -2.38. The molecule has 1 aromatic heterocycles. The van der Waals surface area contributed by atoms with Crippen molar-refractivity contribution in [2.45, 2.75) is 49.7 Å². The zero-order valence-electron chi connectivity index (χ0n) is 16.7. The minimum atomic E-state index is -2.71. The van der Waals surface area contributed by atoms with Gasteiger partial charge in [0.05, 0.1) is 22.8 Å². The van der Waals surface area contributed by atoms with E-state index in [4.69, 9.17) is 4.74 Å². The minimum absolute atomic E-state index is 0.0331. The summed E-state index contributed by atoms with van der Waals surface area (Å²) in [5.41, 5.74) is -0.571. The van der Waals surface area contributed by atoms with Gasteiger partial charge in [-0.25, -0.2) is 18.0 Å². The number of piperazine rings is 1. The van der Waals surface area contributed by atoms with Crippen molar-refractivity contribution in [3.05, 3.63) is 33.7 Å². The third-order valence-corrected chi connectivity index (χ3v) is 6.59. The van der Waals surface area contributed by atoms with Gasteiger partial charge in [-0.05, 0) is 32.9 Å². The number of nitrogens with one attached hydrogen (secondary N) is 1. The van der Waals surface area contributed by atoms with Crippen molar-refractivity contribution in [1.29, 1.82) is 0 Å². The maximum Gasteiger partial charge on any atom is 0.344 e. The summed E-state index contributed by atoms with van der Waals surface area (Å²) < 4.78 is 48.4. The van der Waals surface area contributed by atoms with Gasteiger partial charge in [0.25, 0.3) is 6.43 Å². The summed E-state index contributed by atoms with van der Waals surface area (Å²) in [6.07, 6.45) is -2.71. The van der Waals surface area contributed by atoms with Crippen molar-refractivity contribution < 1.29 is 22.7 Å². The molecule has 6 nitrogen and oxygen atoms in total. The van der Waals surface area contributed by atoms with Crippen molar-refractivity contribution in [2.75, 3.05) is 24.6 Å². The summed E-state index contributed by atoms with van der Waals surface area (Å²) in [5, 5.41) is 2.13. The van der Waals surface area contributed by atoms with Crippen molar-refractivity contribution in [2.24, 2.45) is 0 Å². The van der Waals surface area contributed by atoms with E-state index < -0.39 is 29.0 Å². The number of carbonyl (C=O) groups excluding carboxylic acids is 1. The SMILES string of the molecule is CCOC(=O)c1c2n(c3cc(N4C[C@@H](C)N[C@@H](C)C4)c(F)cc3c1=O)C(C(F)F)S2. The van der Waals surface area contributed by atoms with E-state index in [0.29, 0.717) is 13.1 Å². The molecule has 0 saturated carbocycles. The summed E-state index contributed by atoms with van der Waals surface area (Å²) in [7, 11) is 0. The van der Waals surface area contributed by atoms with E-state index in [9.17, 15) is 18.4 Å². The standard InChI is InChI=1S/C20H22F3N3O3S/c1-4-29-20(28)15-16(27)11-5-12(21)14(25-7-9(2)24-10(3)8-25)6-13(11)26-18(15)30-19(26)17(22)23/h5-6,9-10,17,19,24H,4,7-8H2,1-3H3/t9-,10+,19?. The molecular formula is C20H22F3N3O3S. The van der Waals surface area contributed by atoms with Crippen LogP contribution in [0.4, 0.5) is 18.9 Å². The Morgan fingerprint density at radius 2 is 1.97 bits per heavy atom. The summed E-state index contributed by atoms with van der Waals surface area (Å²) >= 11 is 0.758. The Kier molecular flexibility index (Phi) is 5.48. The fourth-order valence-electron chi connectivity index (χ4n) is 4.19. The van der Waals surface area contributed by atoms with Gasteiger partial charge in [0, 0.05) is 30.6 Å². The van der Waals surface area contributed by atoms with E-state index in [1.165, 1.54) is 10.6 Å². The number of hydrogen-bond acceptors (Lipinski definition) is 6. The number of pyridine rings is 1. The lowest BCUT2D eigenvalue weighted by Crippen LogP contribution is -2.54. The molecule has 2 aliphatic rings. The first-order valence-electron chi connectivity index (χ1n) is 9.77. The first kappa shape index (κ1) is 21.0. The van der Waals surface area contributed by atoms with Crippen LogP contribution in [0.5, 0.6) is 0 Å². The topological polar surface area (TPSA) is 63.6 Å². The molecule has 0 bridgehead atoms. The van der Waals surface area contributed by atoms with Crippen LogP contribution in [0, 0.1) is 5.82 Å². The van der Waals surface area contributed by atoms with Crippen LogP contribution in [0.2, 0.25) is 0 Å². The highest BCUT2D eigenvalue weighted by Crippen LogP contribution is 2.50. The normalized spacial score (nSPS) is 23.4. The molecule has 10 heteroatoms. The Bertz CT molecular complexity index is 1060. The fraction of sp³-hybridized carbons (Fsp3) is 0.500. The minimum Gasteiger partial charge on any atom is -0.462 e. The van der Waals surface area contributed by atoms with E-state index in [1.54, 1.807) is 6.92 Å². The number of halogens is 3. The second-order valence-corrected chi connectivity index (χ2v) is 8.74. The molecule has 0 amide bonds. The quantitative estimate of drug-likeness (QED) is 0.734. The molecule has 162 valence electrons. The van der Waals surface area contributed by atoms with E-state index >= 15 is 4.39 Å². The van der Waals surface area contributed by atoms with Crippen molar-refractivity contribution in [3.8, 4) is 0 Å². The Balaban J connectivity index is 1.93. The summed E-state index contributed by atoms with van der Waals surface area (Å²) in [6.45, 7) is 6.65. The Labute approximate surface area is 175 Å². The second kappa shape index (κ2) is 7.81. The lowest BCUT2D eigenvalue weighted by molar-refractivity contribution is 0.0514. The number of thioether (sulfide) groups is 1. The number of benzene rings is 1. The van der Waals surface area contributed by atoms with Crippen LogP contribution >= 0.6 is 11.8 Å². The number of alkyl halides is 2. The highest BCUT2D eigenvalue weighted by molar-refractivity contribution is 8.00. The highest BCUT2D eigenvalue weighted by Gasteiger charge is 2.41. The smallest absolute Gasteiger partial charge is 0.344 e. The van der Waals surface area contributed by atoms with Gasteiger partial charge in [0.2, 0.25) is 5.43 Å². The number of aromatic nitrogens is 1. The van der Waals surface area contributed by atoms with Gasteiger partial charge in [-0.2, -0.15) is 0 Å². The van der Waals surface area contributed by atoms with Crippen LogP contribution in [-0.4, -0.2) is 48.7 Å². The molecule has 4 rings (SSSR count). The van der Waals surface area contributed by atoms with Crippen molar-refractivity contribution >= 4 is 34.3 Å². The van der Waals surface area contributed by atoms with Gasteiger partial charge in [0.15, 0.2) is 0 Å². The molecule has 1 unspecified atom stereocenters. The Morgan fingerprint density at radius 1 is 1.30 bits per heavy atom. The number of fused-ring (bicyclic) bond motifs is 3. The first-order chi connectivity index (χ1) is 14.2. The number of rotatable bonds is 4. The molecule has 2 aliphatic heterocycles. The Morgan fingerprint density at radius 3 is 2.57 bits per heavy atom. The number of hydrogen-bond donors (Lipinski definition) is 1. The Hall–Kier alpha value is -2.20. The molecule has 1 N–H and O–H groups in total. The number of esters is 1. The summed E-state index contributed by atoms with van der Waals surface area (Å²) in [5.74, 6) is -1.51. The average molecular weight is 441 g/mol. The third kappa shape index (κ3) is 3.35. The molecule has 0 spiro atoms. The first-order valence-corrected chi connectivity index (χ1v) is 10.7. The molecular weight excluding hydrogens is 419 g/mol. The largest absolute Gasteiger partial charge is 0.462 e. The lowest BCUT2D eigenvalue weighted by atomic mass is 10.1. The van der Waals surface area contributed by atoms with Gasteiger partial charge in [-0.1, -0.05) is 11.8 Å². The van der Waals surface area contributed by atoms with E-state index in [0.717, 1.165) is 17.8 Å². The van der Waals surface area contributed by atoms with E-state index in [-0.39, 0.29) is 45.9 Å². The monoisotopic (exact) mass is 441 g/mol. The van der Waals surface area contributed by atoms with Crippen LogP contribution in [0.25, 0.3) is 10.9 Å². The highest BCUT2D eigenvalue weighted by atomic mass is 32.2. The molecule has 30 heavy (non-hydrogen) atoms. The van der Waals surface area contributed by atoms with Gasteiger partial charge in [0.1, 0.15) is 16.8 Å². The number of nitrogens with zero attached hydrogens (tertiary/aromatic N) is 2. The maximum absolute atomic E-state index is 15.0. The molecule has 0 aliphatic carbocycles. The van der Waals surface area contributed by atoms with Gasteiger partial charge in [-0.15, -0.1) is 0 Å². The molecule has 1 aromatic carbocycles.